The fourth-order valence-electron chi connectivity index (χ4n) is 1.06. The number of nitrogens with one attached hydrogen (secondary N) is 1. The third kappa shape index (κ3) is 2.85. The molecule has 1 aromatic rings. The van der Waals surface area contributed by atoms with Crippen LogP contribution < -0.4 is 5.32 Å². The van der Waals surface area contributed by atoms with Gasteiger partial charge < -0.3 is 15.0 Å². The van der Waals surface area contributed by atoms with Crippen LogP contribution in [0.2, 0.25) is 10.4 Å². The average Bonchev–Trinajstić information content (AvgIpc) is 2.31. The van der Waals surface area contributed by atoms with Crippen LogP contribution in [0.25, 0.3) is 0 Å². The van der Waals surface area contributed by atoms with Gasteiger partial charge in [0.15, 0.2) is 5.15 Å². The van der Waals surface area contributed by atoms with E-state index in [1.807, 2.05) is 0 Å². The van der Waals surface area contributed by atoms with E-state index in [1.54, 1.807) is 18.5 Å². The van der Waals surface area contributed by atoms with Gasteiger partial charge in [0, 0.05) is 20.1 Å². The number of hydrogen-bond donors (Lipinski definition) is 2. The highest BCUT2D eigenvalue weighted by atomic mass is 35.5. The summed E-state index contributed by atoms with van der Waals surface area (Å²) in [5.74, 6) is 0. The predicted octanol–water partition coefficient (Wildman–Crippen LogP) is 1.20. The SMILES string of the molecule is CC(O)CNCc1c(Cl)nc(Cl)n1C. The minimum absolute atomic E-state index is 0.365. The number of rotatable bonds is 4. The fourth-order valence-corrected chi connectivity index (χ4v) is 1.56. The van der Waals surface area contributed by atoms with E-state index in [4.69, 9.17) is 28.3 Å². The molecule has 1 rings (SSSR count). The van der Waals surface area contributed by atoms with Crippen LogP contribution in [0, 0.1) is 0 Å². The Morgan fingerprint density at radius 1 is 1.57 bits per heavy atom. The predicted molar refractivity (Wildman–Crippen MR) is 56.6 cm³/mol. The maximum atomic E-state index is 9.03. The first kappa shape index (κ1) is 11.8. The number of imidazole rings is 1. The quantitative estimate of drug-likeness (QED) is 0.828. The van der Waals surface area contributed by atoms with Crippen LogP contribution in [0.15, 0.2) is 0 Å². The molecule has 14 heavy (non-hydrogen) atoms. The van der Waals surface area contributed by atoms with Crippen LogP contribution in [-0.4, -0.2) is 27.3 Å². The molecule has 0 amide bonds. The second-order valence-electron chi connectivity index (χ2n) is 3.16. The lowest BCUT2D eigenvalue weighted by atomic mass is 10.4. The molecule has 0 saturated carbocycles. The molecule has 0 aliphatic carbocycles. The van der Waals surface area contributed by atoms with Crippen molar-refractivity contribution in [1.82, 2.24) is 14.9 Å². The highest BCUT2D eigenvalue weighted by Gasteiger charge is 2.10. The third-order valence-electron chi connectivity index (χ3n) is 1.84. The average molecular weight is 238 g/mol. The number of halogens is 2. The van der Waals surface area contributed by atoms with Crippen LogP contribution in [0.3, 0.4) is 0 Å². The Hall–Kier alpha value is -0.290. The lowest BCUT2D eigenvalue weighted by Gasteiger charge is -2.07. The molecule has 1 heterocycles. The van der Waals surface area contributed by atoms with E-state index in [-0.39, 0.29) is 6.10 Å². The first-order valence-electron chi connectivity index (χ1n) is 4.27. The number of aliphatic hydroxyl groups is 1. The second-order valence-corrected chi connectivity index (χ2v) is 3.85. The van der Waals surface area contributed by atoms with Crippen LogP contribution in [-0.2, 0) is 13.6 Å². The molecule has 0 spiro atoms. The first-order valence-corrected chi connectivity index (χ1v) is 5.03. The van der Waals surface area contributed by atoms with Crippen LogP contribution in [0.1, 0.15) is 12.6 Å². The highest BCUT2D eigenvalue weighted by Crippen LogP contribution is 2.18. The molecule has 0 aliphatic heterocycles. The fraction of sp³-hybridized carbons (Fsp3) is 0.625. The van der Waals surface area contributed by atoms with Crippen molar-refractivity contribution in [2.75, 3.05) is 6.54 Å². The molecule has 1 aromatic heterocycles. The minimum atomic E-state index is -0.377. The Morgan fingerprint density at radius 3 is 2.64 bits per heavy atom. The summed E-state index contributed by atoms with van der Waals surface area (Å²) in [7, 11) is 1.79. The maximum absolute atomic E-state index is 9.03. The van der Waals surface area contributed by atoms with Gasteiger partial charge >= 0.3 is 0 Å². The summed E-state index contributed by atoms with van der Waals surface area (Å²) in [4.78, 5) is 3.90. The Bertz CT molecular complexity index is 312. The van der Waals surface area contributed by atoms with Crippen molar-refractivity contribution >= 4 is 23.2 Å². The van der Waals surface area contributed by atoms with Crippen LogP contribution in [0.4, 0.5) is 0 Å². The molecule has 0 radical (unpaired) electrons. The van der Waals surface area contributed by atoms with Gasteiger partial charge in [0.05, 0.1) is 11.8 Å². The van der Waals surface area contributed by atoms with E-state index in [0.717, 1.165) is 5.69 Å². The van der Waals surface area contributed by atoms with Gasteiger partial charge in [-0.05, 0) is 18.5 Å². The zero-order chi connectivity index (χ0) is 10.7. The molecule has 0 fully saturated rings. The van der Waals surface area contributed by atoms with Crippen molar-refractivity contribution < 1.29 is 5.11 Å². The smallest absolute Gasteiger partial charge is 0.204 e. The van der Waals surface area contributed by atoms with Gasteiger partial charge in [0.25, 0.3) is 0 Å². The minimum Gasteiger partial charge on any atom is -0.392 e. The molecule has 0 saturated heterocycles. The summed E-state index contributed by atoms with van der Waals surface area (Å²) in [5.41, 5.74) is 0.817. The standard InChI is InChI=1S/C8H13Cl2N3O/c1-5(14)3-11-4-6-7(9)12-8(10)13(6)2/h5,11,14H,3-4H2,1-2H3. The largest absolute Gasteiger partial charge is 0.392 e. The monoisotopic (exact) mass is 237 g/mol. The molecule has 0 bridgehead atoms. The van der Waals surface area contributed by atoms with Gasteiger partial charge in [-0.1, -0.05) is 11.6 Å². The highest BCUT2D eigenvalue weighted by molar-refractivity contribution is 6.32. The van der Waals surface area contributed by atoms with Gasteiger partial charge in [-0.15, -0.1) is 0 Å². The zero-order valence-electron chi connectivity index (χ0n) is 8.09. The van der Waals surface area contributed by atoms with Crippen molar-refractivity contribution in [3.05, 3.63) is 16.1 Å². The Morgan fingerprint density at radius 2 is 2.21 bits per heavy atom. The summed E-state index contributed by atoms with van der Waals surface area (Å²) in [6, 6.07) is 0. The molecule has 0 aliphatic rings. The van der Waals surface area contributed by atoms with Gasteiger partial charge in [0.1, 0.15) is 0 Å². The number of aromatic nitrogens is 2. The molecule has 4 nitrogen and oxygen atoms in total. The molecular weight excluding hydrogens is 225 g/mol. The zero-order valence-corrected chi connectivity index (χ0v) is 9.60. The Balaban J connectivity index is 2.58. The summed E-state index contributed by atoms with van der Waals surface area (Å²) < 4.78 is 1.71. The van der Waals surface area contributed by atoms with Crippen molar-refractivity contribution in [2.24, 2.45) is 7.05 Å². The molecule has 80 valence electrons. The van der Waals surface area contributed by atoms with Gasteiger partial charge in [0.2, 0.25) is 5.28 Å². The molecular formula is C8H13Cl2N3O. The van der Waals surface area contributed by atoms with Crippen molar-refractivity contribution in [1.29, 1.82) is 0 Å². The molecule has 1 unspecified atom stereocenters. The lowest BCUT2D eigenvalue weighted by Crippen LogP contribution is -2.24. The maximum Gasteiger partial charge on any atom is 0.204 e. The van der Waals surface area contributed by atoms with E-state index in [0.29, 0.717) is 23.5 Å². The second kappa shape index (κ2) is 4.98. The topological polar surface area (TPSA) is 50.1 Å². The number of hydrogen-bond acceptors (Lipinski definition) is 3. The van der Waals surface area contributed by atoms with E-state index < -0.39 is 0 Å². The first-order chi connectivity index (χ1) is 6.52. The van der Waals surface area contributed by atoms with E-state index in [2.05, 4.69) is 10.3 Å². The molecule has 2 N–H and O–H groups in total. The normalized spacial score (nSPS) is 13.2. The van der Waals surface area contributed by atoms with E-state index in [9.17, 15) is 0 Å². The van der Waals surface area contributed by atoms with Crippen LogP contribution >= 0.6 is 23.2 Å². The van der Waals surface area contributed by atoms with E-state index >= 15 is 0 Å². The van der Waals surface area contributed by atoms with Gasteiger partial charge in [-0.2, -0.15) is 0 Å². The Labute approximate surface area is 92.8 Å². The summed E-state index contributed by atoms with van der Waals surface area (Å²) in [6.45, 7) is 2.77. The van der Waals surface area contributed by atoms with Crippen molar-refractivity contribution in [3.8, 4) is 0 Å². The molecule has 1 atom stereocenters. The van der Waals surface area contributed by atoms with Gasteiger partial charge in [-0.25, -0.2) is 4.98 Å². The summed E-state index contributed by atoms with van der Waals surface area (Å²) in [5, 5.41) is 12.8. The van der Waals surface area contributed by atoms with Crippen molar-refractivity contribution in [2.45, 2.75) is 19.6 Å². The van der Waals surface area contributed by atoms with Crippen LogP contribution in [0.5, 0.6) is 0 Å². The summed E-state index contributed by atoms with van der Waals surface area (Å²) in [6.07, 6.45) is -0.377. The lowest BCUT2D eigenvalue weighted by molar-refractivity contribution is 0.190. The van der Waals surface area contributed by atoms with Gasteiger partial charge in [-0.3, -0.25) is 0 Å². The Kier molecular flexibility index (Phi) is 4.19. The van der Waals surface area contributed by atoms with Crippen molar-refractivity contribution in [3.63, 3.8) is 0 Å². The number of aliphatic hydroxyl groups excluding tert-OH is 1. The molecule has 6 heteroatoms. The summed E-state index contributed by atoms with van der Waals surface area (Å²) >= 11 is 11.6. The molecule has 0 aromatic carbocycles. The number of nitrogens with zero attached hydrogens (tertiary/aromatic N) is 2. The third-order valence-corrected chi connectivity index (χ3v) is 2.48. The van der Waals surface area contributed by atoms with E-state index in [1.165, 1.54) is 0 Å².